The number of hydrogen-bond donors (Lipinski definition) is 1. The molecular formula is C19H14FNO4. The van der Waals surface area contributed by atoms with Crippen molar-refractivity contribution in [1.82, 2.24) is 4.57 Å². The second-order valence-electron chi connectivity index (χ2n) is 5.53. The summed E-state index contributed by atoms with van der Waals surface area (Å²) in [5.41, 5.74) is 0.644. The highest BCUT2D eigenvalue weighted by atomic mass is 19.1. The Bertz CT molecular complexity index is 1020. The maximum absolute atomic E-state index is 13.3. The van der Waals surface area contributed by atoms with Crippen LogP contribution in [0, 0.1) is 5.82 Å². The highest BCUT2D eigenvalue weighted by Gasteiger charge is 2.18. The van der Waals surface area contributed by atoms with E-state index in [2.05, 4.69) is 0 Å². The quantitative estimate of drug-likeness (QED) is 0.725. The van der Waals surface area contributed by atoms with E-state index in [1.54, 1.807) is 24.3 Å². The molecular weight excluding hydrogens is 325 g/mol. The van der Waals surface area contributed by atoms with Gasteiger partial charge >= 0.3 is 5.97 Å². The number of hydrogen-bond acceptors (Lipinski definition) is 3. The van der Waals surface area contributed by atoms with Crippen molar-refractivity contribution in [2.24, 2.45) is 0 Å². The third-order valence-electron chi connectivity index (χ3n) is 4.00. The van der Waals surface area contributed by atoms with Gasteiger partial charge in [-0.15, -0.1) is 0 Å². The van der Waals surface area contributed by atoms with E-state index in [9.17, 15) is 18.8 Å². The van der Waals surface area contributed by atoms with Crippen LogP contribution in [0.5, 0.6) is 0 Å². The molecule has 1 aromatic heterocycles. The number of carbonyl (C=O) groups excluding carboxylic acids is 1. The van der Waals surface area contributed by atoms with Gasteiger partial charge in [0.05, 0.1) is 12.1 Å². The van der Waals surface area contributed by atoms with Crippen LogP contribution in [0.15, 0.2) is 53.3 Å². The predicted molar refractivity (Wildman–Crippen MR) is 91.2 cm³/mol. The summed E-state index contributed by atoms with van der Waals surface area (Å²) in [6, 6.07) is 12.0. The molecule has 3 aromatic rings. The van der Waals surface area contributed by atoms with Gasteiger partial charge in [0, 0.05) is 17.5 Å². The van der Waals surface area contributed by atoms with E-state index in [4.69, 9.17) is 5.11 Å². The molecule has 2 aromatic carbocycles. The molecule has 126 valence electrons. The summed E-state index contributed by atoms with van der Waals surface area (Å²) in [6.07, 6.45) is 0.364. The van der Waals surface area contributed by atoms with Crippen molar-refractivity contribution in [3.05, 3.63) is 70.3 Å². The van der Waals surface area contributed by atoms with E-state index in [-0.39, 0.29) is 24.1 Å². The Hall–Kier alpha value is -3.28. The first-order valence-corrected chi connectivity index (χ1v) is 7.61. The Balaban J connectivity index is 2.39. The van der Waals surface area contributed by atoms with Gasteiger partial charge in [-0.05, 0) is 41.3 Å². The Labute approximate surface area is 142 Å². The van der Waals surface area contributed by atoms with Gasteiger partial charge in [0.2, 0.25) is 0 Å². The fourth-order valence-electron chi connectivity index (χ4n) is 2.88. The van der Waals surface area contributed by atoms with E-state index in [1.165, 1.54) is 28.8 Å². The average molecular weight is 339 g/mol. The fraction of sp³-hybridized carbons (Fsp3) is 0.105. The van der Waals surface area contributed by atoms with Crippen molar-refractivity contribution in [3.63, 3.8) is 0 Å². The molecule has 1 heterocycles. The zero-order chi connectivity index (χ0) is 18.0. The number of carboxylic acids is 1. The summed E-state index contributed by atoms with van der Waals surface area (Å²) < 4.78 is 14.5. The van der Waals surface area contributed by atoms with Gasteiger partial charge < -0.3 is 9.67 Å². The molecule has 0 saturated carbocycles. The molecule has 0 atom stereocenters. The van der Waals surface area contributed by atoms with Gasteiger partial charge in [0.1, 0.15) is 5.82 Å². The number of pyridine rings is 1. The van der Waals surface area contributed by atoms with Crippen LogP contribution in [0.25, 0.3) is 22.0 Å². The second kappa shape index (κ2) is 6.68. The number of nitrogens with zero attached hydrogens (tertiary/aromatic N) is 1. The van der Waals surface area contributed by atoms with Crippen molar-refractivity contribution in [2.45, 2.75) is 13.0 Å². The first kappa shape index (κ1) is 16.6. The van der Waals surface area contributed by atoms with E-state index >= 15 is 0 Å². The van der Waals surface area contributed by atoms with Crippen LogP contribution < -0.4 is 5.56 Å². The molecule has 0 amide bonds. The summed E-state index contributed by atoms with van der Waals surface area (Å²) in [7, 11) is 0. The third-order valence-corrected chi connectivity index (χ3v) is 4.00. The van der Waals surface area contributed by atoms with Crippen LogP contribution >= 0.6 is 0 Å². The van der Waals surface area contributed by atoms with Crippen LogP contribution in [-0.4, -0.2) is 21.9 Å². The molecule has 3 rings (SSSR count). The summed E-state index contributed by atoms with van der Waals surface area (Å²) in [5.74, 6) is -1.51. The Morgan fingerprint density at radius 1 is 1.08 bits per heavy atom. The monoisotopic (exact) mass is 339 g/mol. The van der Waals surface area contributed by atoms with Gasteiger partial charge in [-0.3, -0.25) is 14.4 Å². The number of aromatic nitrogens is 1. The smallest absolute Gasteiger partial charge is 0.305 e. The lowest BCUT2D eigenvalue weighted by Gasteiger charge is -2.17. The molecule has 0 spiro atoms. The molecule has 0 aliphatic rings. The Kier molecular flexibility index (Phi) is 4.43. The summed E-state index contributed by atoms with van der Waals surface area (Å²) in [4.78, 5) is 35.6. The lowest BCUT2D eigenvalue weighted by molar-refractivity contribution is -0.137. The largest absolute Gasteiger partial charge is 0.481 e. The highest BCUT2D eigenvalue weighted by molar-refractivity contribution is 6.03. The molecule has 0 fully saturated rings. The molecule has 0 saturated heterocycles. The van der Waals surface area contributed by atoms with Gasteiger partial charge in [0.15, 0.2) is 6.29 Å². The summed E-state index contributed by atoms with van der Waals surface area (Å²) in [5, 5.41) is 9.78. The predicted octanol–water partition coefficient (Wildman–Crippen LogP) is 3.09. The topological polar surface area (TPSA) is 76.4 Å². The standard InChI is InChI=1S/C19H14FNO4/c20-13-7-5-12(6-8-13)18-16(11-22)14-3-1-2-4-15(14)19(25)21(18)10-9-17(23)24/h1-8,11H,9-10H2,(H,23,24). The normalized spacial score (nSPS) is 10.8. The Morgan fingerprint density at radius 3 is 2.32 bits per heavy atom. The molecule has 0 aliphatic heterocycles. The minimum atomic E-state index is -1.06. The maximum Gasteiger partial charge on any atom is 0.305 e. The molecule has 6 heteroatoms. The minimum Gasteiger partial charge on any atom is -0.481 e. The lowest BCUT2D eigenvalue weighted by Crippen LogP contribution is -2.25. The van der Waals surface area contributed by atoms with Gasteiger partial charge in [-0.25, -0.2) is 4.39 Å². The SMILES string of the molecule is O=Cc1c(-c2ccc(F)cc2)n(CCC(=O)O)c(=O)c2ccccc12. The maximum atomic E-state index is 13.3. The number of rotatable bonds is 5. The highest BCUT2D eigenvalue weighted by Crippen LogP contribution is 2.27. The van der Waals surface area contributed by atoms with Crippen LogP contribution in [0.4, 0.5) is 4.39 Å². The molecule has 1 N–H and O–H groups in total. The zero-order valence-corrected chi connectivity index (χ0v) is 13.1. The number of halogens is 1. The number of carbonyl (C=O) groups is 2. The van der Waals surface area contributed by atoms with Crippen molar-refractivity contribution in [1.29, 1.82) is 0 Å². The Morgan fingerprint density at radius 2 is 1.72 bits per heavy atom. The van der Waals surface area contributed by atoms with Gasteiger partial charge in [-0.1, -0.05) is 18.2 Å². The zero-order valence-electron chi connectivity index (χ0n) is 13.1. The van der Waals surface area contributed by atoms with Crippen molar-refractivity contribution in [2.75, 3.05) is 0 Å². The number of benzene rings is 2. The van der Waals surface area contributed by atoms with Gasteiger partial charge in [-0.2, -0.15) is 0 Å². The lowest BCUT2D eigenvalue weighted by atomic mass is 9.99. The van der Waals surface area contributed by atoms with Crippen molar-refractivity contribution >= 4 is 23.0 Å². The molecule has 0 radical (unpaired) electrons. The van der Waals surface area contributed by atoms with E-state index < -0.39 is 11.8 Å². The second-order valence-corrected chi connectivity index (χ2v) is 5.53. The summed E-state index contributed by atoms with van der Waals surface area (Å²) in [6.45, 7) is -0.0907. The minimum absolute atomic E-state index is 0.0907. The first-order chi connectivity index (χ1) is 12.0. The molecule has 0 unspecified atom stereocenters. The number of fused-ring (bicyclic) bond motifs is 1. The molecule has 5 nitrogen and oxygen atoms in total. The van der Waals surface area contributed by atoms with E-state index in [0.29, 0.717) is 28.3 Å². The van der Waals surface area contributed by atoms with Gasteiger partial charge in [0.25, 0.3) is 5.56 Å². The molecule has 0 aliphatic carbocycles. The van der Waals surface area contributed by atoms with E-state index in [0.717, 1.165) is 0 Å². The van der Waals surface area contributed by atoms with Crippen LogP contribution in [-0.2, 0) is 11.3 Å². The summed E-state index contributed by atoms with van der Waals surface area (Å²) >= 11 is 0. The van der Waals surface area contributed by atoms with Crippen LogP contribution in [0.2, 0.25) is 0 Å². The fourth-order valence-corrected chi connectivity index (χ4v) is 2.88. The van der Waals surface area contributed by atoms with Crippen molar-refractivity contribution in [3.8, 4) is 11.3 Å². The van der Waals surface area contributed by atoms with Crippen LogP contribution in [0.1, 0.15) is 16.8 Å². The number of carboxylic acid groups (broad SMARTS) is 1. The number of aldehydes is 1. The van der Waals surface area contributed by atoms with E-state index in [1.807, 2.05) is 0 Å². The third kappa shape index (κ3) is 3.06. The first-order valence-electron chi connectivity index (χ1n) is 7.61. The average Bonchev–Trinajstić information content (AvgIpc) is 2.61. The van der Waals surface area contributed by atoms with Crippen LogP contribution in [0.3, 0.4) is 0 Å². The number of aliphatic carboxylic acids is 1. The molecule has 25 heavy (non-hydrogen) atoms. The van der Waals surface area contributed by atoms with Crippen molar-refractivity contribution < 1.29 is 19.1 Å². The molecule has 0 bridgehead atoms.